The van der Waals surface area contributed by atoms with E-state index in [1.807, 2.05) is 13.0 Å². The normalized spacial score (nSPS) is 14.8. The minimum atomic E-state index is -0.285. The van der Waals surface area contributed by atoms with Crippen LogP contribution >= 0.6 is 23.1 Å². The molecular formula is C15H15N5OS2. The first-order valence-electron chi connectivity index (χ1n) is 7.22. The summed E-state index contributed by atoms with van der Waals surface area (Å²) in [6.07, 6.45) is 2.37. The molecule has 0 saturated heterocycles. The number of carbonyl (C=O) groups is 1. The fourth-order valence-electron chi connectivity index (χ4n) is 1.79. The van der Waals surface area contributed by atoms with Crippen LogP contribution in [0.15, 0.2) is 28.6 Å². The van der Waals surface area contributed by atoms with Crippen molar-refractivity contribution in [2.24, 2.45) is 0 Å². The van der Waals surface area contributed by atoms with Gasteiger partial charge in [0.1, 0.15) is 0 Å². The van der Waals surface area contributed by atoms with Crippen molar-refractivity contribution in [2.75, 3.05) is 10.6 Å². The summed E-state index contributed by atoms with van der Waals surface area (Å²) in [5.74, 6) is -0.105. The second kappa shape index (κ2) is 6.98. The zero-order valence-electron chi connectivity index (χ0n) is 12.4. The Balaban J connectivity index is 1.53. The number of nitrogens with one attached hydrogen (secondary N) is 2. The summed E-state index contributed by atoms with van der Waals surface area (Å²) in [5, 5.41) is 23.6. The van der Waals surface area contributed by atoms with Crippen LogP contribution in [0.4, 0.5) is 10.8 Å². The number of anilines is 2. The van der Waals surface area contributed by atoms with Crippen LogP contribution in [0.3, 0.4) is 0 Å². The van der Waals surface area contributed by atoms with Gasteiger partial charge in [-0.15, -0.1) is 10.2 Å². The highest BCUT2D eigenvalue weighted by Crippen LogP contribution is 2.32. The third kappa shape index (κ3) is 4.43. The monoisotopic (exact) mass is 345 g/mol. The van der Waals surface area contributed by atoms with E-state index in [9.17, 15) is 4.79 Å². The van der Waals surface area contributed by atoms with Crippen molar-refractivity contribution in [3.05, 3.63) is 29.8 Å². The van der Waals surface area contributed by atoms with Crippen molar-refractivity contribution in [1.82, 2.24) is 10.2 Å². The van der Waals surface area contributed by atoms with E-state index in [2.05, 4.69) is 20.8 Å². The summed E-state index contributed by atoms with van der Waals surface area (Å²) in [7, 11) is 0. The van der Waals surface area contributed by atoms with Crippen molar-refractivity contribution in [3.8, 4) is 6.07 Å². The number of nitrogens with zero attached hydrogens (tertiary/aromatic N) is 3. The summed E-state index contributed by atoms with van der Waals surface area (Å²) < 4.78 is 0.774. The Morgan fingerprint density at radius 1 is 1.39 bits per heavy atom. The minimum absolute atomic E-state index is 0.105. The quantitative estimate of drug-likeness (QED) is 0.782. The number of carbonyl (C=O) groups excluding carboxylic acids is 1. The summed E-state index contributed by atoms with van der Waals surface area (Å²) in [5.41, 5.74) is 1.24. The number of benzene rings is 1. The summed E-state index contributed by atoms with van der Waals surface area (Å²) in [6.45, 7) is 1.83. The van der Waals surface area contributed by atoms with E-state index in [4.69, 9.17) is 5.26 Å². The highest BCUT2D eigenvalue weighted by atomic mass is 32.2. The maximum atomic E-state index is 12.2. The van der Waals surface area contributed by atoms with Crippen LogP contribution in [0.1, 0.15) is 25.3 Å². The fraction of sp³-hybridized carbons (Fsp3) is 0.333. The maximum absolute atomic E-state index is 12.2. The first-order chi connectivity index (χ1) is 11.1. The molecule has 1 aliphatic carbocycles. The molecule has 1 fully saturated rings. The minimum Gasteiger partial charge on any atom is -0.357 e. The summed E-state index contributed by atoms with van der Waals surface area (Å²) in [6, 6.07) is 9.37. The zero-order valence-corrected chi connectivity index (χ0v) is 14.1. The lowest BCUT2D eigenvalue weighted by Gasteiger charge is -2.10. The van der Waals surface area contributed by atoms with E-state index in [1.165, 1.54) is 35.9 Å². The summed E-state index contributed by atoms with van der Waals surface area (Å²) in [4.78, 5) is 12.2. The third-order valence-electron chi connectivity index (χ3n) is 3.24. The molecule has 1 amide bonds. The molecule has 3 rings (SSSR count). The topological polar surface area (TPSA) is 90.7 Å². The van der Waals surface area contributed by atoms with Crippen LogP contribution < -0.4 is 10.6 Å². The zero-order chi connectivity index (χ0) is 16.2. The molecule has 1 aromatic heterocycles. The number of thioether (sulfide) groups is 1. The van der Waals surface area contributed by atoms with E-state index >= 15 is 0 Å². The number of rotatable bonds is 6. The van der Waals surface area contributed by atoms with Gasteiger partial charge in [0, 0.05) is 11.7 Å². The Morgan fingerprint density at radius 2 is 2.13 bits per heavy atom. The van der Waals surface area contributed by atoms with Crippen LogP contribution in [0.5, 0.6) is 0 Å². The van der Waals surface area contributed by atoms with E-state index in [0.29, 0.717) is 17.3 Å². The lowest BCUT2D eigenvalue weighted by atomic mass is 10.2. The van der Waals surface area contributed by atoms with Gasteiger partial charge in [0.25, 0.3) is 0 Å². The molecular weight excluding hydrogens is 330 g/mol. The van der Waals surface area contributed by atoms with E-state index in [-0.39, 0.29) is 11.2 Å². The fourth-order valence-corrected chi connectivity index (χ4v) is 3.77. The molecule has 1 aliphatic rings. The van der Waals surface area contributed by atoms with E-state index in [0.717, 1.165) is 9.47 Å². The first-order valence-corrected chi connectivity index (χ1v) is 8.91. The standard InChI is InChI=1S/C15H15N5OS2/c1-9(13(21)17-11-4-2-10(8-16)3-5-11)22-15-20-19-14(23-15)18-12-6-7-12/h2-5,9,12H,6-7H2,1H3,(H,17,21)(H,18,19)/t9-/m1/s1. The Hall–Kier alpha value is -2.11. The molecule has 1 aromatic carbocycles. The highest BCUT2D eigenvalue weighted by Gasteiger charge is 2.23. The van der Waals surface area contributed by atoms with Gasteiger partial charge in [-0.1, -0.05) is 23.1 Å². The molecule has 0 unspecified atom stereocenters. The number of hydrogen-bond donors (Lipinski definition) is 2. The van der Waals surface area contributed by atoms with Crippen LogP contribution in [0.2, 0.25) is 0 Å². The molecule has 6 nitrogen and oxygen atoms in total. The molecule has 1 atom stereocenters. The second-order valence-corrected chi connectivity index (χ2v) is 7.80. The lowest BCUT2D eigenvalue weighted by Crippen LogP contribution is -2.22. The van der Waals surface area contributed by atoms with Crippen molar-refractivity contribution >= 4 is 39.8 Å². The Labute approximate surface area is 142 Å². The van der Waals surface area contributed by atoms with Crippen molar-refractivity contribution in [1.29, 1.82) is 5.26 Å². The van der Waals surface area contributed by atoms with Gasteiger partial charge in [-0.3, -0.25) is 4.79 Å². The predicted molar refractivity (Wildman–Crippen MR) is 91.7 cm³/mol. The SMILES string of the molecule is C[C@@H](Sc1nnc(NC2CC2)s1)C(=O)Nc1ccc(C#N)cc1. The van der Waals surface area contributed by atoms with Crippen LogP contribution in [0, 0.1) is 11.3 Å². The van der Waals surface area contributed by atoms with E-state index in [1.54, 1.807) is 24.3 Å². The smallest absolute Gasteiger partial charge is 0.237 e. The first kappa shape index (κ1) is 15.8. The Kier molecular flexibility index (Phi) is 4.79. The maximum Gasteiger partial charge on any atom is 0.237 e. The van der Waals surface area contributed by atoms with Gasteiger partial charge in [-0.2, -0.15) is 5.26 Å². The average Bonchev–Trinajstić information content (AvgIpc) is 3.26. The molecule has 8 heteroatoms. The van der Waals surface area contributed by atoms with Crippen LogP contribution in [-0.2, 0) is 4.79 Å². The van der Waals surface area contributed by atoms with Gasteiger partial charge in [-0.05, 0) is 44.0 Å². The molecule has 1 heterocycles. The summed E-state index contributed by atoms with van der Waals surface area (Å²) >= 11 is 2.86. The van der Waals surface area contributed by atoms with Gasteiger partial charge in [-0.25, -0.2) is 0 Å². The van der Waals surface area contributed by atoms with Gasteiger partial charge >= 0.3 is 0 Å². The number of aromatic nitrogens is 2. The molecule has 0 spiro atoms. The number of hydrogen-bond acceptors (Lipinski definition) is 7. The third-order valence-corrected chi connectivity index (χ3v) is 5.28. The Bertz CT molecular complexity index is 733. The van der Waals surface area contributed by atoms with Crippen molar-refractivity contribution in [3.63, 3.8) is 0 Å². The average molecular weight is 345 g/mol. The molecule has 0 aliphatic heterocycles. The van der Waals surface area contributed by atoms with Gasteiger partial charge < -0.3 is 10.6 Å². The van der Waals surface area contributed by atoms with Crippen LogP contribution in [-0.4, -0.2) is 27.4 Å². The molecule has 2 N–H and O–H groups in total. The predicted octanol–water partition coefficient (Wildman–Crippen LogP) is 3.10. The van der Waals surface area contributed by atoms with Gasteiger partial charge in [0.15, 0.2) is 4.34 Å². The van der Waals surface area contributed by atoms with Crippen molar-refractivity contribution in [2.45, 2.75) is 35.4 Å². The van der Waals surface area contributed by atoms with Crippen LogP contribution in [0.25, 0.3) is 0 Å². The van der Waals surface area contributed by atoms with Gasteiger partial charge in [0.2, 0.25) is 11.0 Å². The molecule has 0 bridgehead atoms. The highest BCUT2D eigenvalue weighted by molar-refractivity contribution is 8.02. The number of nitriles is 1. The second-order valence-electron chi connectivity index (χ2n) is 5.23. The van der Waals surface area contributed by atoms with Crippen molar-refractivity contribution < 1.29 is 4.79 Å². The molecule has 2 aromatic rings. The molecule has 118 valence electrons. The largest absolute Gasteiger partial charge is 0.357 e. The lowest BCUT2D eigenvalue weighted by molar-refractivity contribution is -0.115. The van der Waals surface area contributed by atoms with E-state index < -0.39 is 0 Å². The molecule has 1 saturated carbocycles. The molecule has 23 heavy (non-hydrogen) atoms. The number of amides is 1. The van der Waals surface area contributed by atoms with Gasteiger partial charge in [0.05, 0.1) is 16.9 Å². The Morgan fingerprint density at radius 3 is 2.78 bits per heavy atom. The molecule has 0 radical (unpaired) electrons.